The molecular weight excluding hydrogens is 306 g/mol. The minimum Gasteiger partial charge on any atom is -0.370 e. The van der Waals surface area contributed by atoms with Gasteiger partial charge in [0.05, 0.1) is 12.0 Å². The van der Waals surface area contributed by atoms with Crippen molar-refractivity contribution in [2.75, 3.05) is 0 Å². The molecule has 1 aliphatic rings. The fourth-order valence-corrected chi connectivity index (χ4v) is 3.44. The van der Waals surface area contributed by atoms with E-state index in [1.165, 1.54) is 6.42 Å². The number of hydrogen-bond donors (Lipinski definition) is 1. The lowest BCUT2D eigenvalue weighted by molar-refractivity contribution is -0.132. The zero-order valence-electron chi connectivity index (χ0n) is 11.0. The summed E-state index contributed by atoms with van der Waals surface area (Å²) in [4.78, 5) is 11.3. The summed E-state index contributed by atoms with van der Waals surface area (Å²) >= 11 is 3.57. The van der Waals surface area contributed by atoms with Crippen molar-refractivity contribution in [1.82, 2.24) is 0 Å². The third kappa shape index (κ3) is 4.05. The zero-order valence-corrected chi connectivity index (χ0v) is 12.6. The molecule has 1 atom stereocenters. The molecule has 1 aliphatic carbocycles. The average Bonchev–Trinajstić information content (AvgIpc) is 2.39. The first-order valence-electron chi connectivity index (χ1n) is 6.76. The van der Waals surface area contributed by atoms with Crippen molar-refractivity contribution in [2.45, 2.75) is 49.1 Å². The predicted octanol–water partition coefficient (Wildman–Crippen LogP) is 3.68. The summed E-state index contributed by atoms with van der Waals surface area (Å²) < 4.78 is 6.19. The Kier molecular flexibility index (Phi) is 4.99. The molecule has 1 amide bonds. The summed E-state index contributed by atoms with van der Waals surface area (Å²) in [6, 6.07) is 9.96. The molecule has 2 rings (SSSR count). The fourth-order valence-electron chi connectivity index (χ4n) is 2.74. The van der Waals surface area contributed by atoms with Gasteiger partial charge in [0, 0.05) is 0 Å². The lowest BCUT2D eigenvalue weighted by Crippen LogP contribution is -2.39. The molecule has 1 saturated carbocycles. The molecule has 0 saturated heterocycles. The molecule has 0 radical (unpaired) electrons. The number of ether oxygens (including phenoxy) is 1. The number of carbonyl (C=O) groups is 1. The third-order valence-electron chi connectivity index (χ3n) is 3.68. The monoisotopic (exact) mass is 325 g/mol. The number of hydrogen-bond acceptors (Lipinski definition) is 2. The number of rotatable bonds is 5. The van der Waals surface area contributed by atoms with Gasteiger partial charge in [0.25, 0.3) is 0 Å². The summed E-state index contributed by atoms with van der Waals surface area (Å²) in [5.41, 5.74) is 6.06. The molecule has 0 aliphatic heterocycles. The fraction of sp³-hybridized carbons (Fsp3) is 0.533. The Balaban J connectivity index is 2.09. The molecule has 0 heterocycles. The Morgan fingerprint density at radius 3 is 2.47 bits per heavy atom. The highest BCUT2D eigenvalue weighted by Crippen LogP contribution is 2.40. The Labute approximate surface area is 122 Å². The number of benzene rings is 1. The SMILES string of the molecule is NC(=O)CC1(OC(Br)c2ccccc2)CCCCC1. The maximum Gasteiger partial charge on any atom is 0.220 e. The van der Waals surface area contributed by atoms with E-state index in [-0.39, 0.29) is 10.9 Å². The van der Waals surface area contributed by atoms with E-state index in [1.54, 1.807) is 0 Å². The van der Waals surface area contributed by atoms with Crippen LogP contribution in [0.25, 0.3) is 0 Å². The van der Waals surface area contributed by atoms with E-state index in [2.05, 4.69) is 15.9 Å². The Morgan fingerprint density at radius 1 is 1.26 bits per heavy atom. The molecule has 1 aromatic carbocycles. The van der Waals surface area contributed by atoms with Crippen LogP contribution in [0.4, 0.5) is 0 Å². The molecule has 104 valence electrons. The first kappa shape index (κ1) is 14.5. The van der Waals surface area contributed by atoms with Crippen LogP contribution in [-0.4, -0.2) is 11.5 Å². The van der Waals surface area contributed by atoms with Crippen LogP contribution in [0.15, 0.2) is 30.3 Å². The maximum absolute atomic E-state index is 11.3. The van der Waals surface area contributed by atoms with Gasteiger partial charge in [-0.25, -0.2) is 0 Å². The van der Waals surface area contributed by atoms with Crippen LogP contribution in [0, 0.1) is 0 Å². The molecule has 1 aromatic rings. The third-order valence-corrected chi connectivity index (χ3v) is 4.39. The molecule has 3 nitrogen and oxygen atoms in total. The first-order valence-corrected chi connectivity index (χ1v) is 7.68. The number of primary amides is 1. The largest absolute Gasteiger partial charge is 0.370 e. The van der Waals surface area contributed by atoms with Crippen molar-refractivity contribution < 1.29 is 9.53 Å². The highest BCUT2D eigenvalue weighted by atomic mass is 79.9. The minimum absolute atomic E-state index is 0.189. The number of carbonyl (C=O) groups excluding carboxylic acids is 1. The van der Waals surface area contributed by atoms with E-state index in [0.717, 1.165) is 31.2 Å². The van der Waals surface area contributed by atoms with Crippen molar-refractivity contribution in [3.63, 3.8) is 0 Å². The van der Waals surface area contributed by atoms with E-state index < -0.39 is 5.60 Å². The highest BCUT2D eigenvalue weighted by Gasteiger charge is 2.36. The van der Waals surface area contributed by atoms with Crippen molar-refractivity contribution in [3.05, 3.63) is 35.9 Å². The second-order valence-electron chi connectivity index (χ2n) is 5.23. The smallest absolute Gasteiger partial charge is 0.220 e. The second-order valence-corrected chi connectivity index (χ2v) is 6.06. The van der Waals surface area contributed by atoms with Gasteiger partial charge in [0.2, 0.25) is 5.91 Å². The molecule has 0 aromatic heterocycles. The first-order chi connectivity index (χ1) is 9.11. The Bertz CT molecular complexity index is 415. The topological polar surface area (TPSA) is 52.3 Å². The molecule has 2 N–H and O–H groups in total. The van der Waals surface area contributed by atoms with Gasteiger partial charge in [-0.05, 0) is 18.4 Å². The normalized spacial score (nSPS) is 19.8. The number of amides is 1. The molecule has 4 heteroatoms. The van der Waals surface area contributed by atoms with Gasteiger partial charge in [-0.2, -0.15) is 0 Å². The highest BCUT2D eigenvalue weighted by molar-refractivity contribution is 9.09. The Morgan fingerprint density at radius 2 is 1.89 bits per heavy atom. The van der Waals surface area contributed by atoms with Gasteiger partial charge in [-0.15, -0.1) is 0 Å². The van der Waals surface area contributed by atoms with Crippen LogP contribution in [0.2, 0.25) is 0 Å². The van der Waals surface area contributed by atoms with Gasteiger partial charge >= 0.3 is 0 Å². The summed E-state index contributed by atoms with van der Waals surface area (Å²) in [6.45, 7) is 0. The molecule has 1 fully saturated rings. The zero-order chi connectivity index (χ0) is 13.7. The van der Waals surface area contributed by atoms with Crippen molar-refractivity contribution in [1.29, 1.82) is 0 Å². The van der Waals surface area contributed by atoms with Crippen molar-refractivity contribution >= 4 is 21.8 Å². The van der Waals surface area contributed by atoms with Crippen LogP contribution < -0.4 is 5.73 Å². The summed E-state index contributed by atoms with van der Waals surface area (Å²) in [5, 5.41) is -0.189. The van der Waals surface area contributed by atoms with E-state index in [0.29, 0.717) is 6.42 Å². The van der Waals surface area contributed by atoms with Crippen LogP contribution in [-0.2, 0) is 9.53 Å². The van der Waals surface area contributed by atoms with Crippen LogP contribution in [0.3, 0.4) is 0 Å². The summed E-state index contributed by atoms with van der Waals surface area (Å²) in [6.07, 6.45) is 5.53. The molecule has 0 spiro atoms. The van der Waals surface area contributed by atoms with Gasteiger partial charge in [0.15, 0.2) is 0 Å². The van der Waals surface area contributed by atoms with Crippen LogP contribution in [0.5, 0.6) is 0 Å². The lowest BCUT2D eigenvalue weighted by atomic mass is 9.82. The average molecular weight is 326 g/mol. The summed E-state index contributed by atoms with van der Waals surface area (Å²) in [5.74, 6) is -0.283. The predicted molar refractivity (Wildman–Crippen MR) is 78.8 cm³/mol. The second kappa shape index (κ2) is 6.53. The molecule has 0 bridgehead atoms. The number of alkyl halides is 1. The molecular formula is C15H20BrNO2. The number of nitrogens with two attached hydrogens (primary N) is 1. The van der Waals surface area contributed by atoms with Gasteiger partial charge in [-0.3, -0.25) is 4.79 Å². The minimum atomic E-state index is -0.395. The lowest BCUT2D eigenvalue weighted by Gasteiger charge is -2.38. The Hall–Kier alpha value is -0.870. The van der Waals surface area contributed by atoms with Crippen LogP contribution >= 0.6 is 15.9 Å². The van der Waals surface area contributed by atoms with Crippen LogP contribution in [0.1, 0.15) is 49.1 Å². The quantitative estimate of drug-likeness (QED) is 0.839. The van der Waals surface area contributed by atoms with E-state index in [1.807, 2.05) is 30.3 Å². The van der Waals surface area contributed by atoms with E-state index in [4.69, 9.17) is 10.5 Å². The summed E-state index contributed by atoms with van der Waals surface area (Å²) in [7, 11) is 0. The standard InChI is InChI=1S/C15H20BrNO2/c16-14(12-7-3-1-4-8-12)19-15(11-13(17)18)9-5-2-6-10-15/h1,3-4,7-8,14H,2,5-6,9-11H2,(H2,17,18). The maximum atomic E-state index is 11.3. The van der Waals surface area contributed by atoms with Gasteiger partial charge < -0.3 is 10.5 Å². The number of halogens is 1. The van der Waals surface area contributed by atoms with E-state index >= 15 is 0 Å². The van der Waals surface area contributed by atoms with E-state index in [9.17, 15) is 4.79 Å². The molecule has 1 unspecified atom stereocenters. The van der Waals surface area contributed by atoms with Gasteiger partial charge in [0.1, 0.15) is 5.01 Å². The van der Waals surface area contributed by atoms with Gasteiger partial charge in [-0.1, -0.05) is 65.5 Å². The molecule has 19 heavy (non-hydrogen) atoms. The van der Waals surface area contributed by atoms with Crippen molar-refractivity contribution in [3.8, 4) is 0 Å². The van der Waals surface area contributed by atoms with Crippen molar-refractivity contribution in [2.24, 2.45) is 5.73 Å².